The largest absolute Gasteiger partial charge is 0.309 e. The summed E-state index contributed by atoms with van der Waals surface area (Å²) < 4.78 is 59.5. The van der Waals surface area contributed by atoms with E-state index in [1.54, 1.807) is 0 Å². The van der Waals surface area contributed by atoms with Gasteiger partial charge < -0.3 is 4.57 Å². The topological polar surface area (TPSA) is 48.5 Å². The molecule has 4 heterocycles. The molecule has 0 spiro atoms. The Morgan fingerprint density at radius 1 is 0.397 bits per heavy atom. The third-order valence-corrected chi connectivity index (χ3v) is 13.1. The highest BCUT2D eigenvalue weighted by molar-refractivity contribution is 7.26. The quantitative estimate of drug-likeness (QED) is 0.168. The maximum absolute atomic E-state index is 9.60. The van der Waals surface area contributed by atoms with Gasteiger partial charge >= 0.3 is 0 Å². The standard InChI is InChI=1S/C57H35N5S/c1-3-17-36(18-4-1)39-25-16-31-50-53(39)46-24-9-13-30-49(46)62(50)57-59-55(37-19-5-2-6-20-37)58-56(60-57)38-33-34-42(44-26-15-27-45-43-23-10-14-32-52(43)63-54(44)45)51(35-38)61-47-28-11-7-21-40(47)41-22-8-12-29-48(41)61/h1-35H/i10D,15D,23D,26D,27D,32D. The average molecular weight is 828 g/mol. The van der Waals surface area contributed by atoms with E-state index in [-0.39, 0.29) is 41.6 Å². The Bertz CT molecular complexity index is 4220. The van der Waals surface area contributed by atoms with Gasteiger partial charge in [-0.05, 0) is 47.5 Å². The normalized spacial score (nSPS) is 13.1. The number of hydrogen-bond acceptors (Lipinski definition) is 4. The summed E-state index contributed by atoms with van der Waals surface area (Å²) >= 11 is 1.23. The fourth-order valence-electron chi connectivity index (χ4n) is 9.21. The third kappa shape index (κ3) is 5.59. The molecule has 0 N–H and O–H groups in total. The second kappa shape index (κ2) is 14.2. The summed E-state index contributed by atoms with van der Waals surface area (Å²) in [6.45, 7) is 0. The van der Waals surface area contributed by atoms with Crippen LogP contribution in [0.5, 0.6) is 0 Å². The van der Waals surface area contributed by atoms with Gasteiger partial charge in [-0.15, -0.1) is 11.3 Å². The van der Waals surface area contributed by atoms with Crippen LogP contribution in [0, 0.1) is 0 Å². The Morgan fingerprint density at radius 3 is 1.76 bits per heavy atom. The average Bonchev–Trinajstić information content (AvgIpc) is 4.07. The van der Waals surface area contributed by atoms with Gasteiger partial charge in [0, 0.05) is 64.0 Å². The highest BCUT2D eigenvalue weighted by Crippen LogP contribution is 2.44. The molecular weight excluding hydrogens is 787 g/mol. The molecule has 0 bridgehead atoms. The molecule has 0 fully saturated rings. The van der Waals surface area contributed by atoms with Crippen LogP contribution < -0.4 is 0 Å². The predicted molar refractivity (Wildman–Crippen MR) is 263 cm³/mol. The predicted octanol–water partition coefficient (Wildman–Crippen LogP) is 15.1. The molecule has 63 heavy (non-hydrogen) atoms. The Kier molecular flexibility index (Phi) is 6.75. The van der Waals surface area contributed by atoms with Crippen molar-refractivity contribution in [3.8, 4) is 56.7 Å². The first-order valence-electron chi connectivity index (χ1n) is 23.7. The minimum Gasteiger partial charge on any atom is -0.309 e. The zero-order valence-electron chi connectivity index (χ0n) is 39.4. The number of thiophene rings is 1. The molecule has 294 valence electrons. The van der Waals surface area contributed by atoms with Gasteiger partial charge in [-0.1, -0.05) is 176 Å². The summed E-state index contributed by atoms with van der Waals surface area (Å²) in [7, 11) is 0. The van der Waals surface area contributed by atoms with E-state index in [1.165, 1.54) is 17.4 Å². The van der Waals surface area contributed by atoms with Crippen LogP contribution in [0.1, 0.15) is 8.22 Å². The van der Waals surface area contributed by atoms with Crippen molar-refractivity contribution in [2.24, 2.45) is 0 Å². The van der Waals surface area contributed by atoms with Crippen LogP contribution in [0.15, 0.2) is 212 Å². The molecule has 0 saturated carbocycles. The van der Waals surface area contributed by atoms with E-state index < -0.39 is 0 Å². The highest BCUT2D eigenvalue weighted by atomic mass is 32.1. The van der Waals surface area contributed by atoms with Gasteiger partial charge in [0.25, 0.3) is 0 Å². The van der Waals surface area contributed by atoms with Crippen molar-refractivity contribution in [1.29, 1.82) is 0 Å². The van der Waals surface area contributed by atoms with Gasteiger partial charge in [0.05, 0.1) is 36.0 Å². The molecule has 0 aliphatic carbocycles. The number of aromatic nitrogens is 5. The molecular formula is C57H35N5S. The van der Waals surface area contributed by atoms with Gasteiger partial charge in [0.1, 0.15) is 0 Å². The van der Waals surface area contributed by atoms with E-state index in [1.807, 2.05) is 84.9 Å². The first-order chi connectivity index (χ1) is 33.7. The summed E-state index contributed by atoms with van der Waals surface area (Å²) in [5.41, 5.74) is 9.10. The van der Waals surface area contributed by atoms with Crippen molar-refractivity contribution in [2.75, 3.05) is 0 Å². The van der Waals surface area contributed by atoms with Crippen molar-refractivity contribution in [3.05, 3.63) is 212 Å². The van der Waals surface area contributed by atoms with Crippen molar-refractivity contribution in [2.45, 2.75) is 0 Å². The molecule has 0 aliphatic rings. The lowest BCUT2D eigenvalue weighted by molar-refractivity contribution is 0.953. The van der Waals surface area contributed by atoms with Crippen LogP contribution in [0.4, 0.5) is 0 Å². The van der Waals surface area contributed by atoms with Crippen LogP contribution in [0.25, 0.3) is 120 Å². The van der Waals surface area contributed by atoms with Gasteiger partial charge in [-0.2, -0.15) is 9.97 Å². The number of fused-ring (bicyclic) bond motifs is 9. The fourth-order valence-corrected chi connectivity index (χ4v) is 10.3. The van der Waals surface area contributed by atoms with Crippen LogP contribution in [0.2, 0.25) is 0 Å². The molecule has 0 atom stereocenters. The molecule has 13 aromatic rings. The summed E-state index contributed by atoms with van der Waals surface area (Å²) in [4.78, 5) is 15.8. The lowest BCUT2D eigenvalue weighted by atomic mass is 9.98. The second-order valence-electron chi connectivity index (χ2n) is 15.5. The second-order valence-corrected chi connectivity index (χ2v) is 16.5. The summed E-state index contributed by atoms with van der Waals surface area (Å²) in [6, 6.07) is 57.7. The maximum Gasteiger partial charge on any atom is 0.238 e. The van der Waals surface area contributed by atoms with Crippen molar-refractivity contribution in [1.82, 2.24) is 24.1 Å². The lowest BCUT2D eigenvalue weighted by Gasteiger charge is -2.17. The number of benzene rings is 9. The zero-order valence-corrected chi connectivity index (χ0v) is 34.2. The SMILES string of the molecule is [2H]c1cc([2H])c2sc3c(-c4ccc(-c5nc(-c6ccccc6)nc(-n6c7ccccc7c7c(-c8ccccc8)cccc76)n5)cc4-n4c5ccccc5c5ccccc54)c([2H])c([2H])c([2H])c3c2c1[2H]. The van der Waals surface area contributed by atoms with E-state index in [9.17, 15) is 2.74 Å². The summed E-state index contributed by atoms with van der Waals surface area (Å²) in [5.74, 6) is 1.34. The minimum atomic E-state index is -0.299. The molecule has 0 aliphatic heterocycles. The van der Waals surface area contributed by atoms with Crippen LogP contribution >= 0.6 is 11.3 Å². The fraction of sp³-hybridized carbons (Fsp3) is 0. The summed E-state index contributed by atoms with van der Waals surface area (Å²) in [6.07, 6.45) is 0. The molecule has 0 unspecified atom stereocenters. The smallest absolute Gasteiger partial charge is 0.238 e. The number of rotatable bonds is 6. The van der Waals surface area contributed by atoms with Crippen molar-refractivity contribution < 1.29 is 8.22 Å². The van der Waals surface area contributed by atoms with Crippen LogP contribution in [0.3, 0.4) is 0 Å². The Morgan fingerprint density at radius 2 is 1.02 bits per heavy atom. The molecule has 9 aromatic carbocycles. The van der Waals surface area contributed by atoms with E-state index in [2.05, 4.69) is 94.1 Å². The third-order valence-electron chi connectivity index (χ3n) is 12.0. The zero-order chi connectivity index (χ0) is 46.7. The number of hydrogen-bond donors (Lipinski definition) is 0. The van der Waals surface area contributed by atoms with Crippen LogP contribution in [-0.2, 0) is 0 Å². The van der Waals surface area contributed by atoms with E-state index in [0.717, 1.165) is 60.3 Å². The van der Waals surface area contributed by atoms with Gasteiger partial charge in [0.15, 0.2) is 11.6 Å². The molecule has 5 nitrogen and oxygen atoms in total. The maximum atomic E-state index is 9.60. The molecule has 0 amide bonds. The molecule has 0 saturated heterocycles. The molecule has 13 rings (SSSR count). The minimum absolute atomic E-state index is 0.0629. The lowest BCUT2D eigenvalue weighted by Crippen LogP contribution is -2.07. The van der Waals surface area contributed by atoms with Gasteiger partial charge in [-0.25, -0.2) is 4.98 Å². The van der Waals surface area contributed by atoms with Crippen LogP contribution in [-0.4, -0.2) is 24.1 Å². The van der Waals surface area contributed by atoms with Crippen molar-refractivity contribution in [3.63, 3.8) is 0 Å². The van der Waals surface area contributed by atoms with Crippen molar-refractivity contribution >= 4 is 75.1 Å². The Labute approximate surface area is 374 Å². The summed E-state index contributed by atoms with van der Waals surface area (Å²) in [5, 5.41) is 4.79. The monoisotopic (exact) mass is 827 g/mol. The Balaban J connectivity index is 1.13. The number of nitrogens with zero attached hydrogens (tertiary/aromatic N) is 5. The molecule has 6 heteroatoms. The molecule has 0 radical (unpaired) electrons. The van der Waals surface area contributed by atoms with E-state index in [0.29, 0.717) is 54.8 Å². The number of para-hydroxylation sites is 3. The van der Waals surface area contributed by atoms with Gasteiger partial charge in [-0.3, -0.25) is 4.57 Å². The Hall–Kier alpha value is -8.19. The first kappa shape index (κ1) is 29.9. The van der Waals surface area contributed by atoms with E-state index >= 15 is 0 Å². The van der Waals surface area contributed by atoms with Gasteiger partial charge in [0.2, 0.25) is 5.95 Å². The molecule has 4 aromatic heterocycles. The first-order valence-corrected chi connectivity index (χ1v) is 21.5. The highest BCUT2D eigenvalue weighted by Gasteiger charge is 2.23. The van der Waals surface area contributed by atoms with E-state index in [4.69, 9.17) is 20.4 Å².